The molecule has 2 aliphatic heterocycles. The minimum absolute atomic E-state index is 0. The van der Waals surface area contributed by atoms with E-state index in [0.717, 1.165) is 70.1 Å². The van der Waals surface area contributed by atoms with Crippen LogP contribution in [0.1, 0.15) is 39.5 Å². The average Bonchev–Trinajstić information content (AvgIpc) is 2.98. The van der Waals surface area contributed by atoms with E-state index < -0.39 is 0 Å². The second-order valence-electron chi connectivity index (χ2n) is 6.89. The molecule has 6 heteroatoms. The summed E-state index contributed by atoms with van der Waals surface area (Å²) in [5.41, 5.74) is 0. The minimum atomic E-state index is 0. The highest BCUT2D eigenvalue weighted by Gasteiger charge is 2.23. The highest BCUT2D eigenvalue weighted by Crippen LogP contribution is 2.20. The Labute approximate surface area is 158 Å². The van der Waals surface area contributed by atoms with Crippen LogP contribution in [0.3, 0.4) is 0 Å². The molecule has 0 amide bonds. The molecule has 5 nitrogen and oxygen atoms in total. The van der Waals surface area contributed by atoms with Crippen LogP contribution < -0.4 is 5.32 Å². The molecule has 0 spiro atoms. The maximum Gasteiger partial charge on any atom is 0.193 e. The highest BCUT2D eigenvalue weighted by molar-refractivity contribution is 14.0. The highest BCUT2D eigenvalue weighted by atomic mass is 127. The molecular formula is C17H34IN3O2. The van der Waals surface area contributed by atoms with Crippen molar-refractivity contribution in [3.05, 3.63) is 0 Å². The number of rotatable bonds is 6. The van der Waals surface area contributed by atoms with E-state index in [1.165, 1.54) is 12.8 Å². The van der Waals surface area contributed by atoms with Gasteiger partial charge in [-0.25, -0.2) is 0 Å². The van der Waals surface area contributed by atoms with Gasteiger partial charge in [0.25, 0.3) is 0 Å². The van der Waals surface area contributed by atoms with Gasteiger partial charge in [-0.1, -0.05) is 13.8 Å². The summed E-state index contributed by atoms with van der Waals surface area (Å²) in [4.78, 5) is 6.83. The molecule has 2 heterocycles. The number of aliphatic imine (C=N–C) groups is 1. The van der Waals surface area contributed by atoms with Gasteiger partial charge in [0.15, 0.2) is 5.96 Å². The molecule has 1 N–H and O–H groups in total. The Morgan fingerprint density at radius 1 is 1.30 bits per heavy atom. The van der Waals surface area contributed by atoms with Crippen LogP contribution in [-0.4, -0.2) is 63.5 Å². The molecular weight excluding hydrogens is 405 g/mol. The summed E-state index contributed by atoms with van der Waals surface area (Å²) in [5.74, 6) is 2.53. The van der Waals surface area contributed by atoms with Gasteiger partial charge in [0.2, 0.25) is 0 Å². The smallest absolute Gasteiger partial charge is 0.193 e. The first kappa shape index (κ1) is 21.0. The molecule has 2 aliphatic rings. The first-order chi connectivity index (χ1) is 10.7. The van der Waals surface area contributed by atoms with Crippen molar-refractivity contribution < 1.29 is 9.47 Å². The number of halogens is 1. The fourth-order valence-electron chi connectivity index (χ4n) is 3.53. The van der Waals surface area contributed by atoms with Crippen LogP contribution in [0.5, 0.6) is 0 Å². The number of guanidine groups is 1. The molecule has 2 saturated heterocycles. The maximum absolute atomic E-state index is 5.69. The first-order valence-corrected chi connectivity index (χ1v) is 8.84. The quantitative estimate of drug-likeness (QED) is 0.299. The van der Waals surface area contributed by atoms with Crippen LogP contribution in [0, 0.1) is 11.8 Å². The largest absolute Gasteiger partial charge is 0.379 e. The van der Waals surface area contributed by atoms with Crippen LogP contribution >= 0.6 is 24.0 Å². The summed E-state index contributed by atoms with van der Waals surface area (Å²) in [6, 6.07) is 0. The van der Waals surface area contributed by atoms with Gasteiger partial charge in [0.1, 0.15) is 0 Å². The van der Waals surface area contributed by atoms with Gasteiger partial charge in [0.05, 0.1) is 12.7 Å². The zero-order valence-electron chi connectivity index (χ0n) is 14.9. The van der Waals surface area contributed by atoms with Crippen molar-refractivity contribution in [3.8, 4) is 0 Å². The number of piperidine rings is 1. The van der Waals surface area contributed by atoms with E-state index in [9.17, 15) is 0 Å². The summed E-state index contributed by atoms with van der Waals surface area (Å²) in [7, 11) is 1.88. The lowest BCUT2D eigenvalue weighted by atomic mass is 9.92. The van der Waals surface area contributed by atoms with Crippen molar-refractivity contribution in [3.63, 3.8) is 0 Å². The van der Waals surface area contributed by atoms with Gasteiger partial charge < -0.3 is 19.7 Å². The van der Waals surface area contributed by atoms with Crippen molar-refractivity contribution in [2.45, 2.75) is 45.6 Å². The van der Waals surface area contributed by atoms with E-state index in [-0.39, 0.29) is 24.0 Å². The standard InChI is InChI=1S/C17H33N3O2.HI/c1-14-10-15(2)12-20(11-14)17(18-3)19-7-5-8-21-13-16-6-4-9-22-16;/h14-16H,4-13H2,1-3H3,(H,18,19);1H. The fourth-order valence-corrected chi connectivity index (χ4v) is 3.53. The zero-order valence-corrected chi connectivity index (χ0v) is 17.3. The predicted octanol–water partition coefficient (Wildman–Crippen LogP) is 2.74. The monoisotopic (exact) mass is 439 g/mol. The topological polar surface area (TPSA) is 46.1 Å². The molecule has 0 saturated carbocycles. The molecule has 2 fully saturated rings. The Morgan fingerprint density at radius 2 is 2.04 bits per heavy atom. The van der Waals surface area contributed by atoms with Gasteiger partial charge >= 0.3 is 0 Å². The molecule has 0 aromatic heterocycles. The van der Waals surface area contributed by atoms with Crippen molar-refractivity contribution in [1.82, 2.24) is 10.2 Å². The molecule has 3 atom stereocenters. The summed E-state index contributed by atoms with van der Waals surface area (Å²) < 4.78 is 11.2. The Hall–Kier alpha value is -0.0800. The third-order valence-corrected chi connectivity index (χ3v) is 4.46. The fraction of sp³-hybridized carbons (Fsp3) is 0.941. The lowest BCUT2D eigenvalue weighted by molar-refractivity contribution is 0.0168. The van der Waals surface area contributed by atoms with Crippen LogP contribution in [0.15, 0.2) is 4.99 Å². The molecule has 0 aromatic rings. The van der Waals surface area contributed by atoms with Crippen LogP contribution in [0.4, 0.5) is 0 Å². The molecule has 0 aromatic carbocycles. The van der Waals surface area contributed by atoms with Crippen LogP contribution in [-0.2, 0) is 9.47 Å². The second kappa shape index (κ2) is 11.5. The summed E-state index contributed by atoms with van der Waals surface area (Å²) in [6.45, 7) is 10.2. The molecule has 0 bridgehead atoms. The average molecular weight is 439 g/mol. The van der Waals surface area contributed by atoms with E-state index in [4.69, 9.17) is 9.47 Å². The van der Waals surface area contributed by atoms with Crippen molar-refractivity contribution in [2.24, 2.45) is 16.8 Å². The van der Waals surface area contributed by atoms with Crippen molar-refractivity contribution in [2.75, 3.05) is 46.5 Å². The van der Waals surface area contributed by atoms with Gasteiger partial charge in [-0.15, -0.1) is 24.0 Å². The number of likely N-dealkylation sites (tertiary alicyclic amines) is 1. The normalized spacial score (nSPS) is 28.6. The van der Waals surface area contributed by atoms with Crippen molar-refractivity contribution in [1.29, 1.82) is 0 Å². The molecule has 136 valence electrons. The number of nitrogens with zero attached hydrogens (tertiary/aromatic N) is 2. The third-order valence-electron chi connectivity index (χ3n) is 4.46. The van der Waals surface area contributed by atoms with E-state index in [0.29, 0.717) is 6.10 Å². The number of ether oxygens (including phenoxy) is 2. The Balaban J connectivity index is 0.00000264. The van der Waals surface area contributed by atoms with Gasteiger partial charge in [-0.3, -0.25) is 4.99 Å². The number of hydrogen-bond donors (Lipinski definition) is 1. The summed E-state index contributed by atoms with van der Waals surface area (Å²) in [6.07, 6.45) is 4.99. The third kappa shape index (κ3) is 7.56. The first-order valence-electron chi connectivity index (χ1n) is 8.84. The van der Waals surface area contributed by atoms with Gasteiger partial charge in [-0.2, -0.15) is 0 Å². The van der Waals surface area contributed by atoms with E-state index in [1.54, 1.807) is 0 Å². The van der Waals surface area contributed by atoms with E-state index >= 15 is 0 Å². The lowest BCUT2D eigenvalue weighted by Gasteiger charge is -2.37. The summed E-state index contributed by atoms with van der Waals surface area (Å²) in [5, 5.41) is 3.47. The lowest BCUT2D eigenvalue weighted by Crippen LogP contribution is -2.48. The van der Waals surface area contributed by atoms with Gasteiger partial charge in [-0.05, 0) is 37.5 Å². The number of nitrogens with one attached hydrogen (secondary N) is 1. The molecule has 3 unspecified atom stereocenters. The van der Waals surface area contributed by atoms with E-state index in [1.807, 2.05) is 7.05 Å². The predicted molar refractivity (Wildman–Crippen MR) is 106 cm³/mol. The Kier molecular flexibility index (Phi) is 10.5. The SMILES string of the molecule is CN=C(NCCCOCC1CCCO1)N1CC(C)CC(C)C1.I. The number of hydrogen-bond acceptors (Lipinski definition) is 3. The minimum Gasteiger partial charge on any atom is -0.379 e. The van der Waals surface area contributed by atoms with Crippen LogP contribution in [0.25, 0.3) is 0 Å². The van der Waals surface area contributed by atoms with Crippen LogP contribution in [0.2, 0.25) is 0 Å². The molecule has 2 rings (SSSR count). The zero-order chi connectivity index (χ0) is 15.8. The molecule has 23 heavy (non-hydrogen) atoms. The second-order valence-corrected chi connectivity index (χ2v) is 6.89. The molecule has 0 aliphatic carbocycles. The van der Waals surface area contributed by atoms with Crippen molar-refractivity contribution >= 4 is 29.9 Å². The summed E-state index contributed by atoms with van der Waals surface area (Å²) >= 11 is 0. The van der Waals surface area contributed by atoms with Gasteiger partial charge in [0, 0.05) is 39.9 Å². The Morgan fingerprint density at radius 3 is 2.65 bits per heavy atom. The molecule has 0 radical (unpaired) electrons. The van der Waals surface area contributed by atoms with E-state index in [2.05, 4.69) is 29.1 Å². The Bertz CT molecular complexity index is 339. The maximum atomic E-state index is 5.69.